The molecule has 0 spiro atoms. The maximum atomic E-state index is 14.4. The van der Waals surface area contributed by atoms with E-state index in [4.69, 9.17) is 0 Å². The molecule has 2 rings (SSSR count). The van der Waals surface area contributed by atoms with Crippen LogP contribution in [0.25, 0.3) is 0 Å². The van der Waals surface area contributed by atoms with Crippen LogP contribution in [-0.4, -0.2) is 43.0 Å². The standard InChI is InChI=1S/C12H18FN3O2S/c1-12(2,3)10-9(13)11(15-8-14-10)16-4-6-19(17,18)7-5-16/h8H,4-7H2,1-3H3. The molecular formula is C12H18FN3O2S. The first-order valence-electron chi connectivity index (χ1n) is 6.17. The Morgan fingerprint density at radius 3 is 2.32 bits per heavy atom. The average molecular weight is 287 g/mol. The Bertz CT molecular complexity index is 567. The van der Waals surface area contributed by atoms with Gasteiger partial charge in [0.15, 0.2) is 21.5 Å². The van der Waals surface area contributed by atoms with Crippen LogP contribution >= 0.6 is 0 Å². The maximum absolute atomic E-state index is 14.4. The summed E-state index contributed by atoms with van der Waals surface area (Å²) in [5, 5.41) is 0. The predicted molar refractivity (Wildman–Crippen MR) is 71.6 cm³/mol. The fraction of sp³-hybridized carbons (Fsp3) is 0.667. The van der Waals surface area contributed by atoms with Gasteiger partial charge in [0.2, 0.25) is 0 Å². The van der Waals surface area contributed by atoms with Crippen molar-refractivity contribution in [3.8, 4) is 0 Å². The number of hydrogen-bond donors (Lipinski definition) is 0. The van der Waals surface area contributed by atoms with Gasteiger partial charge in [-0.05, 0) is 0 Å². The molecule has 1 aromatic rings. The molecule has 0 saturated carbocycles. The van der Waals surface area contributed by atoms with Gasteiger partial charge in [-0.25, -0.2) is 22.8 Å². The van der Waals surface area contributed by atoms with Crippen LogP contribution in [0.5, 0.6) is 0 Å². The van der Waals surface area contributed by atoms with Crippen molar-refractivity contribution in [2.24, 2.45) is 0 Å². The van der Waals surface area contributed by atoms with Crippen molar-refractivity contribution >= 4 is 15.7 Å². The van der Waals surface area contributed by atoms with Gasteiger partial charge in [-0.1, -0.05) is 20.8 Å². The van der Waals surface area contributed by atoms with Gasteiger partial charge in [0.1, 0.15) is 6.33 Å². The van der Waals surface area contributed by atoms with Crippen molar-refractivity contribution in [3.05, 3.63) is 17.8 Å². The number of sulfone groups is 1. The fourth-order valence-corrected chi connectivity index (χ4v) is 3.23. The van der Waals surface area contributed by atoms with E-state index in [0.717, 1.165) is 0 Å². The quantitative estimate of drug-likeness (QED) is 0.775. The van der Waals surface area contributed by atoms with Gasteiger partial charge in [0, 0.05) is 18.5 Å². The molecule has 106 valence electrons. The van der Waals surface area contributed by atoms with E-state index in [-0.39, 0.29) is 30.4 Å². The van der Waals surface area contributed by atoms with Crippen LogP contribution in [0.4, 0.5) is 10.2 Å². The minimum atomic E-state index is -2.98. The molecule has 0 bridgehead atoms. The number of halogens is 1. The Kier molecular flexibility index (Phi) is 3.51. The van der Waals surface area contributed by atoms with Crippen molar-refractivity contribution in [1.29, 1.82) is 0 Å². The summed E-state index contributed by atoms with van der Waals surface area (Å²) in [5.41, 5.74) is -0.0603. The summed E-state index contributed by atoms with van der Waals surface area (Å²) in [5.74, 6) is -0.160. The van der Waals surface area contributed by atoms with E-state index in [1.165, 1.54) is 6.33 Å². The van der Waals surface area contributed by atoms with Crippen LogP contribution in [0.15, 0.2) is 6.33 Å². The Hall–Kier alpha value is -1.24. The molecular weight excluding hydrogens is 269 g/mol. The molecule has 2 heterocycles. The Morgan fingerprint density at radius 2 is 1.79 bits per heavy atom. The van der Waals surface area contributed by atoms with Crippen LogP contribution in [0.1, 0.15) is 26.5 Å². The zero-order valence-electron chi connectivity index (χ0n) is 11.4. The second kappa shape index (κ2) is 4.70. The molecule has 7 heteroatoms. The number of rotatable bonds is 1. The highest BCUT2D eigenvalue weighted by molar-refractivity contribution is 7.91. The second-order valence-electron chi connectivity index (χ2n) is 5.75. The lowest BCUT2D eigenvalue weighted by Crippen LogP contribution is -2.41. The van der Waals surface area contributed by atoms with Crippen molar-refractivity contribution < 1.29 is 12.8 Å². The molecule has 1 aliphatic heterocycles. The topological polar surface area (TPSA) is 63.2 Å². The Labute approximate surface area is 112 Å². The molecule has 5 nitrogen and oxygen atoms in total. The van der Waals surface area contributed by atoms with Gasteiger partial charge in [0.25, 0.3) is 0 Å². The van der Waals surface area contributed by atoms with Crippen molar-refractivity contribution in [2.75, 3.05) is 29.5 Å². The molecule has 0 aromatic carbocycles. The molecule has 0 amide bonds. The van der Waals surface area contributed by atoms with E-state index in [1.807, 2.05) is 20.8 Å². The van der Waals surface area contributed by atoms with Gasteiger partial charge >= 0.3 is 0 Å². The second-order valence-corrected chi connectivity index (χ2v) is 8.05. The van der Waals surface area contributed by atoms with E-state index >= 15 is 0 Å². The highest BCUT2D eigenvalue weighted by Gasteiger charge is 2.28. The van der Waals surface area contributed by atoms with E-state index in [2.05, 4.69) is 9.97 Å². The maximum Gasteiger partial charge on any atom is 0.187 e. The Balaban J connectivity index is 2.32. The molecule has 0 unspecified atom stereocenters. The Morgan fingerprint density at radius 1 is 1.21 bits per heavy atom. The highest BCUT2D eigenvalue weighted by Crippen LogP contribution is 2.27. The van der Waals surface area contributed by atoms with Crippen molar-refractivity contribution in [3.63, 3.8) is 0 Å². The predicted octanol–water partition coefficient (Wildman–Crippen LogP) is 1.15. The molecule has 0 atom stereocenters. The summed E-state index contributed by atoms with van der Waals surface area (Å²) in [6.07, 6.45) is 1.34. The van der Waals surface area contributed by atoms with Gasteiger partial charge in [-0.15, -0.1) is 0 Å². The molecule has 1 saturated heterocycles. The third-order valence-corrected chi connectivity index (χ3v) is 4.73. The third kappa shape index (κ3) is 3.02. The van der Waals surface area contributed by atoms with Crippen molar-refractivity contribution in [1.82, 2.24) is 9.97 Å². The molecule has 1 fully saturated rings. The summed E-state index contributed by atoms with van der Waals surface area (Å²) in [4.78, 5) is 9.65. The van der Waals surface area contributed by atoms with Gasteiger partial charge in [-0.2, -0.15) is 0 Å². The first kappa shape index (κ1) is 14.2. The molecule has 0 aliphatic carbocycles. The first-order valence-corrected chi connectivity index (χ1v) is 7.99. The minimum absolute atomic E-state index is 0.0430. The van der Waals surface area contributed by atoms with E-state index in [9.17, 15) is 12.8 Å². The van der Waals surface area contributed by atoms with Gasteiger partial charge < -0.3 is 4.90 Å². The van der Waals surface area contributed by atoms with E-state index < -0.39 is 21.1 Å². The van der Waals surface area contributed by atoms with Crippen LogP contribution in [-0.2, 0) is 15.3 Å². The molecule has 1 aromatic heterocycles. The number of nitrogens with zero attached hydrogens (tertiary/aromatic N) is 3. The molecule has 19 heavy (non-hydrogen) atoms. The van der Waals surface area contributed by atoms with Gasteiger partial charge in [0.05, 0.1) is 17.2 Å². The SMILES string of the molecule is CC(C)(C)c1ncnc(N2CCS(=O)(=O)CC2)c1F. The lowest BCUT2D eigenvalue weighted by Gasteiger charge is -2.29. The normalized spacial score (nSPS) is 19.5. The smallest absolute Gasteiger partial charge is 0.187 e. The lowest BCUT2D eigenvalue weighted by molar-refractivity contribution is 0.495. The van der Waals surface area contributed by atoms with E-state index in [0.29, 0.717) is 5.69 Å². The number of anilines is 1. The fourth-order valence-electron chi connectivity index (χ4n) is 2.03. The number of hydrogen-bond acceptors (Lipinski definition) is 5. The monoisotopic (exact) mass is 287 g/mol. The summed E-state index contributed by atoms with van der Waals surface area (Å²) < 4.78 is 37.2. The highest BCUT2D eigenvalue weighted by atomic mass is 32.2. The molecule has 1 aliphatic rings. The lowest BCUT2D eigenvalue weighted by atomic mass is 9.91. The summed E-state index contributed by atoms with van der Waals surface area (Å²) in [6.45, 7) is 6.19. The average Bonchev–Trinajstić information content (AvgIpc) is 2.28. The molecule has 0 N–H and O–H groups in total. The van der Waals surface area contributed by atoms with Gasteiger partial charge in [-0.3, -0.25) is 0 Å². The van der Waals surface area contributed by atoms with Crippen LogP contribution in [0, 0.1) is 5.82 Å². The zero-order valence-corrected chi connectivity index (χ0v) is 12.2. The van der Waals surface area contributed by atoms with E-state index in [1.54, 1.807) is 4.90 Å². The van der Waals surface area contributed by atoms with Crippen LogP contribution < -0.4 is 4.90 Å². The first-order chi connectivity index (χ1) is 8.71. The van der Waals surface area contributed by atoms with Crippen LogP contribution in [0.3, 0.4) is 0 Å². The molecule has 0 radical (unpaired) electrons. The third-order valence-electron chi connectivity index (χ3n) is 3.13. The van der Waals surface area contributed by atoms with Crippen molar-refractivity contribution in [2.45, 2.75) is 26.2 Å². The summed E-state index contributed by atoms with van der Waals surface area (Å²) >= 11 is 0. The minimum Gasteiger partial charge on any atom is -0.352 e. The largest absolute Gasteiger partial charge is 0.352 e. The summed E-state index contributed by atoms with van der Waals surface area (Å²) in [6, 6.07) is 0. The zero-order chi connectivity index (χ0) is 14.3. The number of aromatic nitrogens is 2. The summed E-state index contributed by atoms with van der Waals surface area (Å²) in [7, 11) is -2.98. The van der Waals surface area contributed by atoms with Crippen LogP contribution in [0.2, 0.25) is 0 Å².